The second kappa shape index (κ2) is 5.23. The maximum absolute atomic E-state index is 10.9. The van der Waals surface area contributed by atoms with Gasteiger partial charge in [-0.1, -0.05) is 18.2 Å². The van der Waals surface area contributed by atoms with E-state index in [1.807, 2.05) is 6.07 Å². The van der Waals surface area contributed by atoms with Crippen molar-refractivity contribution < 1.29 is 14.3 Å². The number of rotatable bonds is 4. The van der Waals surface area contributed by atoms with E-state index in [4.69, 9.17) is 4.74 Å². The highest BCUT2D eigenvalue weighted by Crippen LogP contribution is 2.23. The van der Waals surface area contributed by atoms with Crippen molar-refractivity contribution in [3.63, 3.8) is 0 Å². The van der Waals surface area contributed by atoms with Gasteiger partial charge in [-0.2, -0.15) is 0 Å². The van der Waals surface area contributed by atoms with Gasteiger partial charge in [0.05, 0.1) is 12.7 Å². The van der Waals surface area contributed by atoms with Crippen LogP contribution in [0.25, 0.3) is 11.1 Å². The average molecular weight is 241 g/mol. The Hall–Kier alpha value is -2.49. The topological polar surface area (TPSA) is 56.3 Å². The molecule has 0 spiro atoms. The molecule has 0 saturated heterocycles. The lowest BCUT2D eigenvalue weighted by molar-refractivity contribution is 0.111. The van der Waals surface area contributed by atoms with Crippen LogP contribution < -0.4 is 4.74 Å². The largest absolute Gasteiger partial charge is 0.480 e. The molecule has 2 rings (SSSR count). The predicted octanol–water partition coefficient (Wildman–Crippen LogP) is 2.38. The normalized spacial score (nSPS) is 9.83. The van der Waals surface area contributed by atoms with E-state index < -0.39 is 0 Å². The maximum atomic E-state index is 10.9. The van der Waals surface area contributed by atoms with E-state index in [0.29, 0.717) is 23.3 Å². The molecule has 0 aliphatic rings. The minimum absolute atomic E-state index is 0.292. The smallest absolute Gasteiger partial charge is 0.223 e. The van der Waals surface area contributed by atoms with Crippen LogP contribution in [-0.4, -0.2) is 24.7 Å². The lowest BCUT2D eigenvalue weighted by Crippen LogP contribution is -1.95. The highest BCUT2D eigenvalue weighted by Gasteiger charge is 2.06. The van der Waals surface area contributed by atoms with Crippen molar-refractivity contribution in [1.82, 2.24) is 4.98 Å². The second-order valence-corrected chi connectivity index (χ2v) is 3.68. The van der Waals surface area contributed by atoms with Crippen molar-refractivity contribution in [2.75, 3.05) is 7.11 Å². The summed E-state index contributed by atoms with van der Waals surface area (Å²) in [4.78, 5) is 25.7. The van der Waals surface area contributed by atoms with Crippen molar-refractivity contribution in [3.05, 3.63) is 47.7 Å². The van der Waals surface area contributed by atoms with E-state index in [-0.39, 0.29) is 0 Å². The summed E-state index contributed by atoms with van der Waals surface area (Å²) in [6.07, 6.45) is 3.08. The Bertz CT molecular complexity index is 593. The molecule has 2 aromatic rings. The van der Waals surface area contributed by atoms with Crippen LogP contribution in [-0.2, 0) is 0 Å². The molecule has 0 saturated carbocycles. The number of nitrogens with zero attached hydrogens (tertiary/aromatic N) is 1. The fourth-order valence-corrected chi connectivity index (χ4v) is 1.67. The van der Waals surface area contributed by atoms with Gasteiger partial charge in [0.1, 0.15) is 6.29 Å². The van der Waals surface area contributed by atoms with E-state index in [0.717, 1.165) is 17.4 Å². The number of hydrogen-bond acceptors (Lipinski definition) is 4. The van der Waals surface area contributed by atoms with E-state index >= 15 is 0 Å². The molecule has 4 nitrogen and oxygen atoms in total. The third-order valence-corrected chi connectivity index (χ3v) is 2.56. The molecule has 90 valence electrons. The van der Waals surface area contributed by atoms with Gasteiger partial charge < -0.3 is 4.74 Å². The standard InChI is InChI=1S/C14H11NO3/c1-18-14-13(9-17)6-12(7-15-14)11-4-2-3-10(5-11)8-16/h2-9H,1H3. The van der Waals surface area contributed by atoms with E-state index in [1.54, 1.807) is 30.5 Å². The molecule has 1 heterocycles. The van der Waals surface area contributed by atoms with Crippen LogP contribution in [0.2, 0.25) is 0 Å². The minimum Gasteiger partial charge on any atom is -0.480 e. The first kappa shape index (κ1) is 12.0. The molecular weight excluding hydrogens is 230 g/mol. The molecular formula is C14H11NO3. The summed E-state index contributed by atoms with van der Waals surface area (Å²) in [6, 6.07) is 8.77. The number of aromatic nitrogens is 1. The summed E-state index contributed by atoms with van der Waals surface area (Å²) >= 11 is 0. The first-order valence-electron chi connectivity index (χ1n) is 5.33. The summed E-state index contributed by atoms with van der Waals surface area (Å²) in [7, 11) is 1.46. The summed E-state index contributed by atoms with van der Waals surface area (Å²) < 4.78 is 4.97. The number of carbonyl (C=O) groups excluding carboxylic acids is 2. The quantitative estimate of drug-likeness (QED) is 0.771. The van der Waals surface area contributed by atoms with Gasteiger partial charge in [0.2, 0.25) is 5.88 Å². The number of ether oxygens (including phenoxy) is 1. The van der Waals surface area contributed by atoms with Crippen molar-refractivity contribution in [1.29, 1.82) is 0 Å². The summed E-state index contributed by atoms with van der Waals surface area (Å²) in [6.45, 7) is 0. The van der Waals surface area contributed by atoms with Gasteiger partial charge in [0.25, 0.3) is 0 Å². The first-order valence-corrected chi connectivity index (χ1v) is 5.33. The van der Waals surface area contributed by atoms with Crippen LogP contribution >= 0.6 is 0 Å². The zero-order chi connectivity index (χ0) is 13.0. The van der Waals surface area contributed by atoms with Crippen molar-refractivity contribution in [3.8, 4) is 17.0 Å². The molecule has 4 heteroatoms. The molecule has 0 radical (unpaired) electrons. The summed E-state index contributed by atoms with van der Waals surface area (Å²) in [5.74, 6) is 0.292. The number of benzene rings is 1. The third kappa shape index (κ3) is 2.27. The maximum Gasteiger partial charge on any atom is 0.223 e. The molecule has 0 N–H and O–H groups in total. The van der Waals surface area contributed by atoms with Gasteiger partial charge >= 0.3 is 0 Å². The highest BCUT2D eigenvalue weighted by atomic mass is 16.5. The first-order chi connectivity index (χ1) is 8.78. The monoisotopic (exact) mass is 241 g/mol. The number of methoxy groups -OCH3 is 1. The molecule has 0 aliphatic carbocycles. The average Bonchev–Trinajstić information content (AvgIpc) is 2.46. The number of hydrogen-bond donors (Lipinski definition) is 0. The lowest BCUT2D eigenvalue weighted by Gasteiger charge is -2.06. The Kier molecular flexibility index (Phi) is 3.48. The number of aldehydes is 2. The Balaban J connectivity index is 2.50. The van der Waals surface area contributed by atoms with Crippen LogP contribution in [0.4, 0.5) is 0 Å². The fourth-order valence-electron chi connectivity index (χ4n) is 1.67. The van der Waals surface area contributed by atoms with E-state index in [2.05, 4.69) is 4.98 Å². The minimum atomic E-state index is 0.292. The molecule has 18 heavy (non-hydrogen) atoms. The molecule has 0 bridgehead atoms. The molecule has 0 fully saturated rings. The van der Waals surface area contributed by atoms with Crippen LogP contribution in [0.5, 0.6) is 5.88 Å². The van der Waals surface area contributed by atoms with Gasteiger partial charge in [-0.15, -0.1) is 0 Å². The Morgan fingerprint density at radius 1 is 1.11 bits per heavy atom. The second-order valence-electron chi connectivity index (χ2n) is 3.68. The van der Waals surface area contributed by atoms with Crippen molar-refractivity contribution >= 4 is 12.6 Å². The Morgan fingerprint density at radius 3 is 2.61 bits per heavy atom. The van der Waals surface area contributed by atoms with Gasteiger partial charge in [0, 0.05) is 17.3 Å². The SMILES string of the molecule is COc1ncc(-c2cccc(C=O)c2)cc1C=O. The number of carbonyl (C=O) groups is 2. The van der Waals surface area contributed by atoms with Crippen LogP contribution in [0, 0.1) is 0 Å². The molecule has 0 unspecified atom stereocenters. The van der Waals surface area contributed by atoms with E-state index in [9.17, 15) is 9.59 Å². The van der Waals surface area contributed by atoms with Crippen LogP contribution in [0.3, 0.4) is 0 Å². The van der Waals surface area contributed by atoms with Gasteiger partial charge in [0.15, 0.2) is 6.29 Å². The van der Waals surface area contributed by atoms with Gasteiger partial charge in [-0.05, 0) is 17.7 Å². The molecule has 0 amide bonds. The van der Waals surface area contributed by atoms with Gasteiger partial charge in [-0.25, -0.2) is 4.98 Å². The summed E-state index contributed by atoms with van der Waals surface area (Å²) in [5, 5.41) is 0. The van der Waals surface area contributed by atoms with Crippen molar-refractivity contribution in [2.24, 2.45) is 0 Å². The highest BCUT2D eigenvalue weighted by molar-refractivity contribution is 5.83. The Labute approximate surface area is 104 Å². The number of pyridine rings is 1. The Morgan fingerprint density at radius 2 is 1.94 bits per heavy atom. The van der Waals surface area contributed by atoms with Gasteiger partial charge in [-0.3, -0.25) is 9.59 Å². The fraction of sp³-hybridized carbons (Fsp3) is 0.0714. The molecule has 1 aromatic heterocycles. The van der Waals surface area contributed by atoms with Crippen LogP contribution in [0.1, 0.15) is 20.7 Å². The van der Waals surface area contributed by atoms with Crippen LogP contribution in [0.15, 0.2) is 36.5 Å². The molecule has 1 aromatic carbocycles. The zero-order valence-electron chi connectivity index (χ0n) is 9.79. The zero-order valence-corrected chi connectivity index (χ0v) is 9.79. The predicted molar refractivity (Wildman–Crippen MR) is 67.0 cm³/mol. The third-order valence-electron chi connectivity index (χ3n) is 2.56. The van der Waals surface area contributed by atoms with Crippen molar-refractivity contribution in [2.45, 2.75) is 0 Å². The molecule has 0 aliphatic heterocycles. The molecule has 0 atom stereocenters. The van der Waals surface area contributed by atoms with E-state index in [1.165, 1.54) is 7.11 Å². The summed E-state index contributed by atoms with van der Waals surface area (Å²) in [5.41, 5.74) is 2.56. The lowest BCUT2D eigenvalue weighted by atomic mass is 10.0.